The number of aromatic nitrogens is 2. The second-order valence-corrected chi connectivity index (χ2v) is 5.53. The van der Waals surface area contributed by atoms with Gasteiger partial charge in [0.25, 0.3) is 5.56 Å². The van der Waals surface area contributed by atoms with Crippen LogP contribution < -0.4 is 5.56 Å². The molecule has 6 heteroatoms. The number of rotatable bonds is 3. The summed E-state index contributed by atoms with van der Waals surface area (Å²) >= 11 is 0. The number of esters is 1. The Morgan fingerprint density at radius 3 is 3.05 bits per heavy atom. The summed E-state index contributed by atoms with van der Waals surface area (Å²) in [6.07, 6.45) is 2.83. The molecular weight excluding hydrogens is 282 g/mol. The molecule has 0 bridgehead atoms. The minimum atomic E-state index is -0.254. The molecule has 0 amide bonds. The van der Waals surface area contributed by atoms with Crippen LogP contribution in [0.25, 0.3) is 10.9 Å². The lowest BCUT2D eigenvalue weighted by molar-refractivity contribution is -0.148. The third-order valence-corrected chi connectivity index (χ3v) is 4.10. The number of benzene rings is 1. The number of carbonyl (C=O) groups is 1. The van der Waals surface area contributed by atoms with E-state index in [1.807, 2.05) is 23.1 Å². The van der Waals surface area contributed by atoms with E-state index in [0.29, 0.717) is 23.3 Å². The molecule has 22 heavy (non-hydrogen) atoms. The summed E-state index contributed by atoms with van der Waals surface area (Å²) in [5.41, 5.74) is 0.528. The topological polar surface area (TPSA) is 75.3 Å². The predicted molar refractivity (Wildman–Crippen MR) is 82.4 cm³/mol. The molecule has 1 N–H and O–H groups in total. The van der Waals surface area contributed by atoms with E-state index in [4.69, 9.17) is 4.74 Å². The van der Waals surface area contributed by atoms with Gasteiger partial charge in [0.1, 0.15) is 11.9 Å². The average molecular weight is 301 g/mol. The quantitative estimate of drug-likeness (QED) is 0.869. The van der Waals surface area contributed by atoms with Gasteiger partial charge in [0, 0.05) is 0 Å². The van der Waals surface area contributed by atoms with Gasteiger partial charge in [0.05, 0.1) is 24.6 Å². The highest BCUT2D eigenvalue weighted by Crippen LogP contribution is 2.20. The van der Waals surface area contributed by atoms with Crippen molar-refractivity contribution in [1.82, 2.24) is 14.9 Å². The Labute approximate surface area is 128 Å². The Kier molecular flexibility index (Phi) is 4.20. The molecule has 0 radical (unpaired) electrons. The van der Waals surface area contributed by atoms with Crippen LogP contribution in [0, 0.1) is 0 Å². The van der Waals surface area contributed by atoms with Crippen LogP contribution in [0.15, 0.2) is 29.1 Å². The van der Waals surface area contributed by atoms with Crippen LogP contribution in [-0.2, 0) is 16.1 Å². The summed E-state index contributed by atoms with van der Waals surface area (Å²) in [7, 11) is 1.41. The van der Waals surface area contributed by atoms with Crippen molar-refractivity contribution in [2.45, 2.75) is 31.8 Å². The van der Waals surface area contributed by atoms with Crippen LogP contribution in [-0.4, -0.2) is 40.5 Å². The van der Waals surface area contributed by atoms with E-state index >= 15 is 0 Å². The van der Waals surface area contributed by atoms with Crippen molar-refractivity contribution in [1.29, 1.82) is 0 Å². The molecule has 0 saturated carbocycles. The normalized spacial score (nSPS) is 19.2. The van der Waals surface area contributed by atoms with E-state index in [2.05, 4.69) is 9.97 Å². The number of hydrogen-bond acceptors (Lipinski definition) is 5. The highest BCUT2D eigenvalue weighted by atomic mass is 16.5. The number of para-hydroxylation sites is 1. The van der Waals surface area contributed by atoms with E-state index < -0.39 is 0 Å². The number of ether oxygens (including phenoxy) is 1. The summed E-state index contributed by atoms with van der Waals surface area (Å²) in [6.45, 7) is 1.25. The number of fused-ring (bicyclic) bond motifs is 1. The zero-order valence-corrected chi connectivity index (χ0v) is 12.5. The van der Waals surface area contributed by atoms with Crippen LogP contribution in [0.2, 0.25) is 0 Å². The monoisotopic (exact) mass is 301 g/mol. The van der Waals surface area contributed by atoms with E-state index in [1.54, 1.807) is 6.07 Å². The molecule has 0 spiro atoms. The summed E-state index contributed by atoms with van der Waals surface area (Å²) in [4.78, 5) is 33.3. The maximum Gasteiger partial charge on any atom is 0.323 e. The molecule has 1 aliphatic heterocycles. The smallest absolute Gasteiger partial charge is 0.323 e. The van der Waals surface area contributed by atoms with E-state index in [-0.39, 0.29) is 17.6 Å². The van der Waals surface area contributed by atoms with Crippen molar-refractivity contribution in [2.24, 2.45) is 0 Å². The first-order chi connectivity index (χ1) is 10.7. The van der Waals surface area contributed by atoms with Crippen molar-refractivity contribution in [2.75, 3.05) is 13.7 Å². The van der Waals surface area contributed by atoms with E-state index in [9.17, 15) is 9.59 Å². The molecular formula is C16H19N3O3. The Hall–Kier alpha value is -2.21. The third kappa shape index (κ3) is 2.87. The second-order valence-electron chi connectivity index (χ2n) is 5.53. The largest absolute Gasteiger partial charge is 0.468 e. The SMILES string of the molecule is COC(=O)[C@@H]1CCCCN1Cc1nc2ccccc2c(=O)[nH]1. The fraction of sp³-hybridized carbons (Fsp3) is 0.438. The van der Waals surface area contributed by atoms with Crippen molar-refractivity contribution in [3.05, 3.63) is 40.4 Å². The Morgan fingerprint density at radius 2 is 2.23 bits per heavy atom. The molecule has 2 heterocycles. The number of likely N-dealkylation sites (tertiary alicyclic amines) is 1. The second kappa shape index (κ2) is 6.27. The fourth-order valence-corrected chi connectivity index (χ4v) is 2.99. The molecule has 3 rings (SSSR count). The number of carbonyl (C=O) groups excluding carboxylic acids is 1. The van der Waals surface area contributed by atoms with Crippen LogP contribution in [0.4, 0.5) is 0 Å². The number of aromatic amines is 1. The van der Waals surface area contributed by atoms with Crippen molar-refractivity contribution >= 4 is 16.9 Å². The van der Waals surface area contributed by atoms with Crippen molar-refractivity contribution < 1.29 is 9.53 Å². The van der Waals surface area contributed by atoms with Crippen molar-refractivity contribution in [3.63, 3.8) is 0 Å². The van der Waals surface area contributed by atoms with Crippen LogP contribution in [0.5, 0.6) is 0 Å². The first kappa shape index (κ1) is 14.7. The molecule has 1 aromatic carbocycles. The number of methoxy groups -OCH3 is 1. The number of H-pyrrole nitrogens is 1. The Balaban J connectivity index is 1.88. The number of piperidine rings is 1. The van der Waals surface area contributed by atoms with Gasteiger partial charge in [0.2, 0.25) is 0 Å². The Bertz CT molecular complexity index is 741. The maximum atomic E-state index is 12.1. The fourth-order valence-electron chi connectivity index (χ4n) is 2.99. The zero-order chi connectivity index (χ0) is 15.5. The molecule has 0 aliphatic carbocycles. The highest BCUT2D eigenvalue weighted by Gasteiger charge is 2.29. The first-order valence-electron chi connectivity index (χ1n) is 7.49. The molecule has 0 unspecified atom stereocenters. The number of nitrogens with one attached hydrogen (secondary N) is 1. The minimum absolute atomic E-state index is 0.146. The van der Waals surface area contributed by atoms with Gasteiger partial charge in [-0.2, -0.15) is 0 Å². The summed E-state index contributed by atoms with van der Waals surface area (Å²) in [6, 6.07) is 6.99. The summed E-state index contributed by atoms with van der Waals surface area (Å²) in [5, 5.41) is 0.578. The molecule has 116 valence electrons. The van der Waals surface area contributed by atoms with Crippen LogP contribution in [0.3, 0.4) is 0 Å². The van der Waals surface area contributed by atoms with Gasteiger partial charge in [0.15, 0.2) is 0 Å². The van der Waals surface area contributed by atoms with E-state index in [0.717, 1.165) is 25.8 Å². The zero-order valence-electron chi connectivity index (χ0n) is 12.5. The lowest BCUT2D eigenvalue weighted by Crippen LogP contribution is -2.45. The molecule has 1 saturated heterocycles. The highest BCUT2D eigenvalue weighted by molar-refractivity contribution is 5.77. The first-order valence-corrected chi connectivity index (χ1v) is 7.49. The molecule has 1 fully saturated rings. The van der Waals surface area contributed by atoms with Gasteiger partial charge in [-0.3, -0.25) is 14.5 Å². The van der Waals surface area contributed by atoms with Gasteiger partial charge in [-0.25, -0.2) is 4.98 Å². The van der Waals surface area contributed by atoms with Crippen LogP contribution >= 0.6 is 0 Å². The van der Waals surface area contributed by atoms with Gasteiger partial charge < -0.3 is 9.72 Å². The average Bonchev–Trinajstić information content (AvgIpc) is 2.55. The lowest BCUT2D eigenvalue weighted by atomic mass is 10.0. The molecule has 2 aromatic rings. The number of nitrogens with zero attached hydrogens (tertiary/aromatic N) is 2. The molecule has 1 aromatic heterocycles. The summed E-state index contributed by atoms with van der Waals surface area (Å²) < 4.78 is 4.88. The standard InChI is InChI=1S/C16H19N3O3/c1-22-16(21)13-8-4-5-9-19(13)10-14-17-12-7-3-2-6-11(12)15(20)18-14/h2-3,6-7,13H,4-5,8-10H2,1H3,(H,17,18,20)/t13-/m0/s1. The van der Waals surface area contributed by atoms with Crippen LogP contribution in [0.1, 0.15) is 25.1 Å². The molecule has 1 aliphatic rings. The predicted octanol–water partition coefficient (Wildman–Crippen LogP) is 1.45. The van der Waals surface area contributed by atoms with E-state index in [1.165, 1.54) is 7.11 Å². The van der Waals surface area contributed by atoms with Gasteiger partial charge in [-0.15, -0.1) is 0 Å². The minimum Gasteiger partial charge on any atom is -0.468 e. The van der Waals surface area contributed by atoms with Gasteiger partial charge >= 0.3 is 5.97 Å². The third-order valence-electron chi connectivity index (χ3n) is 4.10. The Morgan fingerprint density at radius 1 is 1.41 bits per heavy atom. The maximum absolute atomic E-state index is 12.1. The lowest BCUT2D eigenvalue weighted by Gasteiger charge is -2.33. The van der Waals surface area contributed by atoms with Gasteiger partial charge in [-0.05, 0) is 31.5 Å². The molecule has 6 nitrogen and oxygen atoms in total. The van der Waals surface area contributed by atoms with Crippen molar-refractivity contribution in [3.8, 4) is 0 Å². The molecule has 1 atom stereocenters. The van der Waals surface area contributed by atoms with Gasteiger partial charge in [-0.1, -0.05) is 18.6 Å². The number of hydrogen-bond donors (Lipinski definition) is 1. The summed E-state index contributed by atoms with van der Waals surface area (Å²) in [5.74, 6) is 0.363.